The lowest BCUT2D eigenvalue weighted by atomic mass is 10.2. The minimum Gasteiger partial charge on any atom is -0.317 e. The molecule has 4 nitrogen and oxygen atoms in total. The van der Waals surface area contributed by atoms with Gasteiger partial charge in [0.2, 0.25) is 0 Å². The Morgan fingerprint density at radius 2 is 0.737 bits per heavy atom. The smallest absolute Gasteiger partial charge is 0.000653 e. The van der Waals surface area contributed by atoms with Crippen LogP contribution in [0.2, 0.25) is 0 Å². The zero-order chi connectivity index (χ0) is 13.2. The molecule has 2 fully saturated rings. The van der Waals surface area contributed by atoms with Crippen LogP contribution in [0, 0.1) is 0 Å². The van der Waals surface area contributed by atoms with Crippen molar-refractivity contribution in [1.82, 2.24) is 20.4 Å². The minimum absolute atomic E-state index is 1.19. The number of hydrogen-bond donors (Lipinski definition) is 2. The third kappa shape index (κ3) is 6.70. The van der Waals surface area contributed by atoms with Crippen molar-refractivity contribution in [3.05, 3.63) is 0 Å². The van der Waals surface area contributed by atoms with E-state index >= 15 is 0 Å². The first-order chi connectivity index (χ1) is 9.45. The summed E-state index contributed by atoms with van der Waals surface area (Å²) in [4.78, 5) is 5.34. The first-order valence-corrected chi connectivity index (χ1v) is 8.31. The summed E-state index contributed by atoms with van der Waals surface area (Å²) in [6.45, 7) is 12.4. The van der Waals surface area contributed by atoms with Crippen molar-refractivity contribution in [3.63, 3.8) is 0 Å². The Morgan fingerprint density at radius 3 is 1.11 bits per heavy atom. The van der Waals surface area contributed by atoms with Crippen LogP contribution in [0.5, 0.6) is 0 Å². The molecule has 0 unspecified atom stereocenters. The SMILES string of the molecule is C1CNCCCN2CCCNCCCN(C1)CCC2. The molecule has 112 valence electrons. The van der Waals surface area contributed by atoms with Crippen LogP contribution in [-0.4, -0.2) is 75.2 Å². The maximum atomic E-state index is 3.59. The molecule has 0 aromatic heterocycles. The normalized spacial score (nSPS) is 32.8. The van der Waals surface area contributed by atoms with Crippen molar-refractivity contribution >= 4 is 0 Å². The summed E-state index contributed by atoms with van der Waals surface area (Å²) in [5, 5.41) is 7.18. The minimum atomic E-state index is 1.19. The van der Waals surface area contributed by atoms with Gasteiger partial charge in [0.1, 0.15) is 0 Å². The summed E-state index contributed by atoms with van der Waals surface area (Å²) in [6, 6.07) is 0. The predicted molar refractivity (Wildman–Crippen MR) is 81.7 cm³/mol. The van der Waals surface area contributed by atoms with E-state index in [0.717, 1.165) is 0 Å². The molecule has 0 spiro atoms. The molecule has 2 aliphatic heterocycles. The van der Waals surface area contributed by atoms with Gasteiger partial charge in [0.15, 0.2) is 0 Å². The van der Waals surface area contributed by atoms with Crippen LogP contribution in [0.4, 0.5) is 0 Å². The molecule has 2 heterocycles. The third-order valence-electron chi connectivity index (χ3n) is 4.26. The zero-order valence-electron chi connectivity index (χ0n) is 12.5. The average Bonchev–Trinajstić information content (AvgIpc) is 2.38. The van der Waals surface area contributed by atoms with E-state index in [4.69, 9.17) is 0 Å². The monoisotopic (exact) mass is 268 g/mol. The van der Waals surface area contributed by atoms with Gasteiger partial charge in [-0.1, -0.05) is 0 Å². The van der Waals surface area contributed by atoms with Gasteiger partial charge < -0.3 is 20.4 Å². The second-order valence-corrected chi connectivity index (χ2v) is 5.95. The Labute approximate surface area is 118 Å². The summed E-state index contributed by atoms with van der Waals surface area (Å²) >= 11 is 0. The molecule has 0 amide bonds. The Hall–Kier alpha value is -0.160. The average molecular weight is 268 g/mol. The molecule has 0 atom stereocenters. The van der Waals surface area contributed by atoms with Crippen molar-refractivity contribution < 1.29 is 0 Å². The lowest BCUT2D eigenvalue weighted by Crippen LogP contribution is -2.37. The lowest BCUT2D eigenvalue weighted by molar-refractivity contribution is 0.209. The van der Waals surface area contributed by atoms with Crippen LogP contribution in [0.25, 0.3) is 0 Å². The Morgan fingerprint density at radius 1 is 0.421 bits per heavy atom. The van der Waals surface area contributed by atoms with Gasteiger partial charge in [-0.2, -0.15) is 0 Å². The first-order valence-electron chi connectivity index (χ1n) is 8.31. The highest BCUT2D eigenvalue weighted by Gasteiger charge is 2.10. The third-order valence-corrected chi connectivity index (χ3v) is 4.26. The maximum Gasteiger partial charge on any atom is -0.000653 e. The molecule has 0 radical (unpaired) electrons. The van der Waals surface area contributed by atoms with Gasteiger partial charge >= 0.3 is 0 Å². The van der Waals surface area contributed by atoms with E-state index < -0.39 is 0 Å². The Bertz CT molecular complexity index is 184. The van der Waals surface area contributed by atoms with Crippen LogP contribution >= 0.6 is 0 Å². The Balaban J connectivity index is 1.87. The quantitative estimate of drug-likeness (QED) is 0.679. The second kappa shape index (κ2) is 9.70. The van der Waals surface area contributed by atoms with Gasteiger partial charge in [-0.15, -0.1) is 0 Å². The Kier molecular flexibility index (Phi) is 7.78. The molecular formula is C15H32N4. The van der Waals surface area contributed by atoms with Crippen LogP contribution in [0.15, 0.2) is 0 Å². The molecule has 2 N–H and O–H groups in total. The van der Waals surface area contributed by atoms with E-state index in [-0.39, 0.29) is 0 Å². The molecule has 0 aromatic carbocycles. The lowest BCUT2D eigenvalue weighted by Gasteiger charge is -2.28. The molecule has 2 aliphatic rings. The molecule has 19 heavy (non-hydrogen) atoms. The first kappa shape index (κ1) is 15.2. The van der Waals surface area contributed by atoms with E-state index in [2.05, 4.69) is 20.4 Å². The fourth-order valence-corrected chi connectivity index (χ4v) is 3.15. The van der Waals surface area contributed by atoms with Crippen LogP contribution in [0.1, 0.15) is 32.1 Å². The van der Waals surface area contributed by atoms with Gasteiger partial charge in [0.05, 0.1) is 0 Å². The zero-order valence-corrected chi connectivity index (χ0v) is 12.5. The molecule has 0 aliphatic carbocycles. The van der Waals surface area contributed by atoms with Gasteiger partial charge in [-0.25, -0.2) is 0 Å². The summed E-state index contributed by atoms with van der Waals surface area (Å²) in [5.74, 6) is 0. The van der Waals surface area contributed by atoms with Gasteiger partial charge in [-0.3, -0.25) is 0 Å². The maximum absolute atomic E-state index is 3.59. The van der Waals surface area contributed by atoms with Crippen molar-refractivity contribution in [3.8, 4) is 0 Å². The van der Waals surface area contributed by atoms with Crippen molar-refractivity contribution in [2.75, 3.05) is 65.4 Å². The van der Waals surface area contributed by atoms with Gasteiger partial charge in [0, 0.05) is 0 Å². The van der Waals surface area contributed by atoms with E-state index in [9.17, 15) is 0 Å². The highest BCUT2D eigenvalue weighted by Crippen LogP contribution is 2.02. The highest BCUT2D eigenvalue weighted by molar-refractivity contribution is 4.68. The van der Waals surface area contributed by atoms with Crippen molar-refractivity contribution in [2.24, 2.45) is 0 Å². The molecule has 2 bridgehead atoms. The number of fused-ring (bicyclic) bond motifs is 4. The highest BCUT2D eigenvalue weighted by atomic mass is 15.2. The van der Waals surface area contributed by atoms with Gasteiger partial charge in [0.25, 0.3) is 0 Å². The summed E-state index contributed by atoms with van der Waals surface area (Å²) in [6.07, 6.45) is 6.56. The molecule has 0 saturated carbocycles. The van der Waals surface area contributed by atoms with E-state index in [1.807, 2.05) is 0 Å². The number of nitrogens with zero attached hydrogens (tertiary/aromatic N) is 2. The van der Waals surface area contributed by atoms with Crippen LogP contribution in [-0.2, 0) is 0 Å². The standard InChI is InChI=1S/C15H32N4/c1-6-16-7-2-12-19-13-4-9-17-8-3-11-18(10-1)14-5-15-19/h16-17H,1-15H2. The predicted octanol–water partition coefficient (Wildman–Crippen LogP) is 0.747. The number of nitrogens with one attached hydrogen (secondary N) is 2. The number of hydrogen-bond acceptors (Lipinski definition) is 4. The molecule has 0 aromatic rings. The van der Waals surface area contributed by atoms with E-state index in [1.54, 1.807) is 0 Å². The fourth-order valence-electron chi connectivity index (χ4n) is 3.15. The molecule has 2 saturated heterocycles. The van der Waals surface area contributed by atoms with Crippen molar-refractivity contribution in [1.29, 1.82) is 0 Å². The van der Waals surface area contributed by atoms with Crippen LogP contribution < -0.4 is 10.6 Å². The summed E-state index contributed by atoms with van der Waals surface area (Å²) in [7, 11) is 0. The van der Waals surface area contributed by atoms with Crippen LogP contribution in [0.3, 0.4) is 0 Å². The summed E-state index contributed by atoms with van der Waals surface area (Å²) in [5.41, 5.74) is 0. The molecular weight excluding hydrogens is 236 g/mol. The second-order valence-electron chi connectivity index (χ2n) is 5.95. The largest absolute Gasteiger partial charge is 0.317 e. The van der Waals surface area contributed by atoms with E-state index in [0.29, 0.717) is 0 Å². The summed E-state index contributed by atoms with van der Waals surface area (Å²) < 4.78 is 0. The van der Waals surface area contributed by atoms with E-state index in [1.165, 1.54) is 97.6 Å². The topological polar surface area (TPSA) is 30.5 Å². The molecule has 4 heteroatoms. The fraction of sp³-hybridized carbons (Fsp3) is 1.00. The number of rotatable bonds is 0. The van der Waals surface area contributed by atoms with Gasteiger partial charge in [-0.05, 0) is 97.6 Å². The van der Waals surface area contributed by atoms with Crippen molar-refractivity contribution in [2.45, 2.75) is 32.1 Å². The molecule has 2 rings (SSSR count).